The number of benzene rings is 2. The molecule has 2 heterocycles. The number of fused-ring (bicyclic) bond motifs is 1. The number of halogens is 3. The van der Waals surface area contributed by atoms with Gasteiger partial charge in [-0.15, -0.1) is 0 Å². The van der Waals surface area contributed by atoms with E-state index in [1.807, 2.05) is 0 Å². The molecular formula is C21H16F3N5O2. The molecule has 0 atom stereocenters. The molecule has 1 amide bonds. The van der Waals surface area contributed by atoms with Crippen molar-refractivity contribution in [2.75, 3.05) is 6.54 Å². The molecule has 2 aromatic carbocycles. The van der Waals surface area contributed by atoms with Crippen molar-refractivity contribution in [2.45, 2.75) is 13.1 Å². The van der Waals surface area contributed by atoms with E-state index >= 15 is 0 Å². The lowest BCUT2D eigenvalue weighted by molar-refractivity contribution is 0.0951. The maximum atomic E-state index is 13.9. The summed E-state index contributed by atoms with van der Waals surface area (Å²) in [6.45, 7) is 0.348. The number of rotatable bonds is 6. The molecule has 1 N–H and O–H groups in total. The Kier molecular flexibility index (Phi) is 5.52. The first-order valence-electron chi connectivity index (χ1n) is 9.31. The van der Waals surface area contributed by atoms with Crippen LogP contribution in [-0.2, 0) is 13.1 Å². The molecule has 0 aliphatic heterocycles. The van der Waals surface area contributed by atoms with Crippen molar-refractivity contribution in [1.82, 2.24) is 24.6 Å². The standard InChI is InChI=1S/C21H16F3N5O2/c22-16-4-2-1-3-14(16)11-28-12-26-19-15(21(28)31)10-27-29(19)8-7-25-20(30)13-5-6-17(23)18(24)9-13/h1-6,9-10,12H,7-8,11H2,(H,25,30). The number of carbonyl (C=O) groups is 1. The summed E-state index contributed by atoms with van der Waals surface area (Å²) >= 11 is 0. The molecule has 31 heavy (non-hydrogen) atoms. The zero-order chi connectivity index (χ0) is 22.0. The minimum atomic E-state index is -1.11. The molecule has 10 heteroatoms. The number of amides is 1. The van der Waals surface area contributed by atoms with Crippen LogP contribution in [0, 0.1) is 17.5 Å². The van der Waals surface area contributed by atoms with Crippen LogP contribution in [-0.4, -0.2) is 31.8 Å². The first kappa shape index (κ1) is 20.3. The normalized spacial score (nSPS) is 11.1. The average molecular weight is 427 g/mol. The van der Waals surface area contributed by atoms with E-state index in [2.05, 4.69) is 15.4 Å². The van der Waals surface area contributed by atoms with Crippen LogP contribution < -0.4 is 10.9 Å². The van der Waals surface area contributed by atoms with Crippen LogP contribution in [0.4, 0.5) is 13.2 Å². The Morgan fingerprint density at radius 3 is 2.61 bits per heavy atom. The van der Waals surface area contributed by atoms with Gasteiger partial charge in [0, 0.05) is 17.7 Å². The van der Waals surface area contributed by atoms with E-state index in [9.17, 15) is 22.8 Å². The molecule has 0 aliphatic rings. The molecule has 0 unspecified atom stereocenters. The minimum Gasteiger partial charge on any atom is -0.350 e. The second kappa shape index (κ2) is 8.42. The molecule has 158 valence electrons. The monoisotopic (exact) mass is 427 g/mol. The van der Waals surface area contributed by atoms with E-state index in [1.165, 1.54) is 33.9 Å². The Balaban J connectivity index is 1.46. The topological polar surface area (TPSA) is 81.8 Å². The highest BCUT2D eigenvalue weighted by atomic mass is 19.2. The van der Waals surface area contributed by atoms with Gasteiger partial charge in [-0.1, -0.05) is 18.2 Å². The third kappa shape index (κ3) is 4.18. The van der Waals surface area contributed by atoms with Crippen LogP contribution in [0.2, 0.25) is 0 Å². The van der Waals surface area contributed by atoms with Gasteiger partial charge >= 0.3 is 0 Å². The summed E-state index contributed by atoms with van der Waals surface area (Å²) < 4.78 is 42.8. The van der Waals surface area contributed by atoms with Crippen LogP contribution in [0.3, 0.4) is 0 Å². The molecular weight excluding hydrogens is 411 g/mol. The van der Waals surface area contributed by atoms with Crippen molar-refractivity contribution < 1.29 is 18.0 Å². The Bertz CT molecular complexity index is 1330. The highest BCUT2D eigenvalue weighted by Gasteiger charge is 2.13. The van der Waals surface area contributed by atoms with Gasteiger partial charge in [0.25, 0.3) is 11.5 Å². The average Bonchev–Trinajstić information content (AvgIpc) is 3.17. The molecule has 0 radical (unpaired) electrons. The van der Waals surface area contributed by atoms with E-state index in [4.69, 9.17) is 0 Å². The largest absolute Gasteiger partial charge is 0.350 e. The van der Waals surface area contributed by atoms with Gasteiger partial charge in [0.1, 0.15) is 17.5 Å². The summed E-state index contributed by atoms with van der Waals surface area (Å²) in [5, 5.41) is 6.95. The van der Waals surface area contributed by atoms with E-state index in [0.717, 1.165) is 12.1 Å². The second-order valence-corrected chi connectivity index (χ2v) is 6.76. The van der Waals surface area contributed by atoms with Crippen molar-refractivity contribution in [3.8, 4) is 0 Å². The summed E-state index contributed by atoms with van der Waals surface area (Å²) in [4.78, 5) is 29.0. The van der Waals surface area contributed by atoms with Gasteiger partial charge in [0.05, 0.1) is 19.3 Å². The number of hydrogen-bond acceptors (Lipinski definition) is 4. The molecule has 7 nitrogen and oxygen atoms in total. The van der Waals surface area contributed by atoms with E-state index in [-0.39, 0.29) is 36.1 Å². The number of nitrogens with one attached hydrogen (secondary N) is 1. The fourth-order valence-corrected chi connectivity index (χ4v) is 3.10. The summed E-state index contributed by atoms with van der Waals surface area (Å²) in [7, 11) is 0. The maximum absolute atomic E-state index is 13.9. The van der Waals surface area contributed by atoms with Crippen LogP contribution in [0.15, 0.2) is 59.8 Å². The van der Waals surface area contributed by atoms with Gasteiger partial charge in [0.2, 0.25) is 0 Å². The lowest BCUT2D eigenvalue weighted by Crippen LogP contribution is -2.28. The fraction of sp³-hybridized carbons (Fsp3) is 0.143. The molecule has 0 saturated carbocycles. The first-order chi connectivity index (χ1) is 14.9. The summed E-state index contributed by atoms with van der Waals surface area (Å²) in [5.74, 6) is -3.13. The number of hydrogen-bond donors (Lipinski definition) is 1. The molecule has 0 bridgehead atoms. The molecule has 4 rings (SSSR count). The van der Waals surface area contributed by atoms with Crippen molar-refractivity contribution in [3.05, 3.63) is 93.9 Å². The van der Waals surface area contributed by atoms with E-state index in [1.54, 1.807) is 18.2 Å². The van der Waals surface area contributed by atoms with Gasteiger partial charge in [-0.25, -0.2) is 22.8 Å². The van der Waals surface area contributed by atoms with Crippen LogP contribution in [0.1, 0.15) is 15.9 Å². The lowest BCUT2D eigenvalue weighted by Gasteiger charge is -2.08. The van der Waals surface area contributed by atoms with Crippen molar-refractivity contribution in [1.29, 1.82) is 0 Å². The predicted molar refractivity (Wildman–Crippen MR) is 106 cm³/mol. The number of aromatic nitrogens is 4. The lowest BCUT2D eigenvalue weighted by atomic mass is 10.2. The van der Waals surface area contributed by atoms with E-state index in [0.29, 0.717) is 11.2 Å². The van der Waals surface area contributed by atoms with Crippen LogP contribution in [0.5, 0.6) is 0 Å². The molecule has 0 saturated heterocycles. The highest BCUT2D eigenvalue weighted by Crippen LogP contribution is 2.10. The Hall–Kier alpha value is -3.95. The third-order valence-corrected chi connectivity index (χ3v) is 4.71. The Morgan fingerprint density at radius 1 is 1.03 bits per heavy atom. The predicted octanol–water partition coefficient (Wildman–Crippen LogP) is 2.49. The van der Waals surface area contributed by atoms with E-state index < -0.39 is 23.4 Å². The molecule has 2 aromatic heterocycles. The van der Waals surface area contributed by atoms with Crippen molar-refractivity contribution in [3.63, 3.8) is 0 Å². The van der Waals surface area contributed by atoms with Crippen LogP contribution >= 0.6 is 0 Å². The maximum Gasteiger partial charge on any atom is 0.264 e. The summed E-state index contributed by atoms with van der Waals surface area (Å²) in [6, 6.07) is 9.02. The fourth-order valence-electron chi connectivity index (χ4n) is 3.10. The Labute approximate surface area is 173 Å². The highest BCUT2D eigenvalue weighted by molar-refractivity contribution is 5.94. The number of carbonyl (C=O) groups excluding carboxylic acids is 1. The molecule has 0 aliphatic carbocycles. The van der Waals surface area contributed by atoms with Gasteiger partial charge in [-0.2, -0.15) is 5.10 Å². The SMILES string of the molecule is O=C(NCCn1ncc2c(=O)n(Cc3ccccc3F)cnc21)c1ccc(F)c(F)c1. The smallest absolute Gasteiger partial charge is 0.264 e. The summed E-state index contributed by atoms with van der Waals surface area (Å²) in [5.41, 5.74) is 0.290. The molecule has 0 spiro atoms. The number of nitrogens with zero attached hydrogens (tertiary/aromatic N) is 4. The zero-order valence-electron chi connectivity index (χ0n) is 16.1. The minimum absolute atomic E-state index is 0.0154. The first-order valence-corrected chi connectivity index (χ1v) is 9.31. The summed E-state index contributed by atoms with van der Waals surface area (Å²) in [6.07, 6.45) is 2.68. The van der Waals surface area contributed by atoms with Crippen LogP contribution in [0.25, 0.3) is 11.0 Å². The molecule has 4 aromatic rings. The Morgan fingerprint density at radius 2 is 1.84 bits per heavy atom. The second-order valence-electron chi connectivity index (χ2n) is 6.76. The van der Waals surface area contributed by atoms with Gasteiger partial charge in [-0.05, 0) is 24.3 Å². The molecule has 0 fully saturated rings. The van der Waals surface area contributed by atoms with Gasteiger partial charge < -0.3 is 5.32 Å². The third-order valence-electron chi connectivity index (χ3n) is 4.71. The van der Waals surface area contributed by atoms with Gasteiger partial charge in [0.15, 0.2) is 17.3 Å². The quantitative estimate of drug-likeness (QED) is 0.513. The van der Waals surface area contributed by atoms with Crippen molar-refractivity contribution in [2.24, 2.45) is 0 Å². The van der Waals surface area contributed by atoms with Gasteiger partial charge in [-0.3, -0.25) is 14.2 Å². The zero-order valence-corrected chi connectivity index (χ0v) is 16.1. The van der Waals surface area contributed by atoms with Crippen molar-refractivity contribution >= 4 is 16.9 Å².